The molecule has 5 aromatic rings. The predicted molar refractivity (Wildman–Crippen MR) is 227 cm³/mol. The fraction of sp³-hybridized carbons (Fsp3) is 0.378. The Kier molecular flexibility index (Phi) is 12.7. The monoisotopic (exact) mass is 822 g/mol. The normalized spacial score (nSPS) is 15.7. The summed E-state index contributed by atoms with van der Waals surface area (Å²) in [5.74, 6) is -1.51. The lowest BCUT2D eigenvalue weighted by Crippen LogP contribution is -2.50. The number of halogens is 1. The number of carbonyl (C=O) groups excluding carboxylic acids is 3. The quantitative estimate of drug-likeness (QED) is 0.121. The number of amides is 3. The Labute approximate surface area is 346 Å². The summed E-state index contributed by atoms with van der Waals surface area (Å²) in [5, 5.41) is 6.52. The summed E-state index contributed by atoms with van der Waals surface area (Å²) in [7, 11) is -4.29. The molecule has 0 aliphatic carbocycles. The molecular formula is C45H51ClN6O5S. The fourth-order valence-corrected chi connectivity index (χ4v) is 9.24. The number of nitrogens with zero attached hydrogens (tertiary/aromatic N) is 5. The number of benzene rings is 4. The Bertz CT molecular complexity index is 2440. The van der Waals surface area contributed by atoms with Gasteiger partial charge in [0, 0.05) is 37.8 Å². The first-order valence-electron chi connectivity index (χ1n) is 20.3. The van der Waals surface area contributed by atoms with Crippen molar-refractivity contribution >= 4 is 50.1 Å². The van der Waals surface area contributed by atoms with Gasteiger partial charge >= 0.3 is 0 Å². The van der Waals surface area contributed by atoms with Crippen molar-refractivity contribution < 1.29 is 22.8 Å². The van der Waals surface area contributed by atoms with E-state index in [0.29, 0.717) is 49.4 Å². The van der Waals surface area contributed by atoms with Crippen molar-refractivity contribution in [2.45, 2.75) is 83.2 Å². The number of carbonyl (C=O) groups is 3. The first kappa shape index (κ1) is 41.1. The van der Waals surface area contributed by atoms with E-state index in [1.807, 2.05) is 41.3 Å². The third-order valence-corrected chi connectivity index (χ3v) is 13.1. The summed E-state index contributed by atoms with van der Waals surface area (Å²) >= 11 is 6.91. The number of hydrogen-bond donors (Lipinski definition) is 1. The summed E-state index contributed by atoms with van der Waals surface area (Å²) in [6.07, 6.45) is 6.39. The van der Waals surface area contributed by atoms with Crippen LogP contribution in [0.1, 0.15) is 100 Å². The molecule has 0 unspecified atom stereocenters. The smallest absolute Gasteiger partial charge is 0.275 e. The van der Waals surface area contributed by atoms with E-state index in [1.165, 1.54) is 34.5 Å². The minimum absolute atomic E-state index is 0.0255. The molecule has 0 saturated carbocycles. The van der Waals surface area contributed by atoms with Crippen LogP contribution in [0.15, 0.2) is 89.8 Å². The molecule has 0 radical (unpaired) electrons. The largest absolute Gasteiger partial charge is 0.337 e. The van der Waals surface area contributed by atoms with E-state index in [9.17, 15) is 18.0 Å². The highest BCUT2D eigenvalue weighted by molar-refractivity contribution is 7.90. The van der Waals surface area contributed by atoms with Gasteiger partial charge in [-0.05, 0) is 104 Å². The molecule has 13 heteroatoms. The Morgan fingerprint density at radius 3 is 2.24 bits per heavy atom. The number of nitrogens with one attached hydrogen (secondary N) is 1. The molecule has 1 saturated heterocycles. The zero-order valence-corrected chi connectivity index (χ0v) is 35.0. The Morgan fingerprint density at radius 1 is 0.862 bits per heavy atom. The maximum atomic E-state index is 15.2. The third kappa shape index (κ3) is 8.69. The van der Waals surface area contributed by atoms with Gasteiger partial charge in [0.1, 0.15) is 0 Å². The van der Waals surface area contributed by atoms with E-state index < -0.39 is 15.9 Å². The second-order valence-corrected chi connectivity index (χ2v) is 17.5. The maximum absolute atomic E-state index is 15.2. The molecule has 2 aliphatic heterocycles. The van der Waals surface area contributed by atoms with Gasteiger partial charge < -0.3 is 14.7 Å². The highest BCUT2D eigenvalue weighted by Crippen LogP contribution is 2.31. The van der Waals surface area contributed by atoms with Crippen molar-refractivity contribution in [1.82, 2.24) is 29.2 Å². The van der Waals surface area contributed by atoms with Gasteiger partial charge in [0.2, 0.25) is 0 Å². The van der Waals surface area contributed by atoms with Gasteiger partial charge in [0.15, 0.2) is 5.69 Å². The molecule has 11 nitrogen and oxygen atoms in total. The number of fused-ring (bicyclic) bond motifs is 2. The van der Waals surface area contributed by atoms with Gasteiger partial charge in [0.25, 0.3) is 27.7 Å². The molecule has 3 heterocycles. The van der Waals surface area contributed by atoms with Gasteiger partial charge in [0.05, 0.1) is 26.9 Å². The van der Waals surface area contributed by atoms with Crippen LogP contribution < -0.4 is 4.72 Å². The minimum atomic E-state index is -4.29. The SMILES string of the molecule is CCCCN(CCCC)C(=O)c1nn(-c2ccc(C(=O)NS(=O)(=O)c3ccc4ccccc4c3)cc2C(=O)N2Cc3ccccc3C[C@H]2CN2CCCC2)c(C)c1Cl. The summed E-state index contributed by atoms with van der Waals surface area (Å²) in [6, 6.07) is 24.5. The van der Waals surface area contributed by atoms with Crippen LogP contribution in [-0.4, -0.2) is 89.4 Å². The van der Waals surface area contributed by atoms with Crippen molar-refractivity contribution in [3.05, 3.63) is 124 Å². The molecule has 1 atom stereocenters. The molecule has 1 aromatic heterocycles. The lowest BCUT2D eigenvalue weighted by atomic mass is 9.92. The Balaban J connectivity index is 1.29. The topological polar surface area (TPSA) is 125 Å². The number of likely N-dealkylation sites (tertiary alicyclic amines) is 1. The standard InChI is InChI=1S/C45H51ClN6O5S/c1-4-6-24-50(25-7-5-2)45(55)42-41(46)31(3)52(47-42)40-21-19-35(43(53)48-58(56,57)38-20-18-32-14-8-9-16-34(32)27-38)28-39(40)44(54)51-29-36-17-11-10-15-33(36)26-37(51)30-49-22-12-13-23-49/h8-11,14-21,27-28,37H,4-7,12-13,22-26,29-30H2,1-3H3,(H,48,53)/t37-/m0/s1. The number of sulfonamides is 1. The first-order chi connectivity index (χ1) is 28.0. The third-order valence-electron chi connectivity index (χ3n) is 11.4. The fourth-order valence-electron chi connectivity index (χ4n) is 8.03. The van der Waals surface area contributed by atoms with E-state index in [4.69, 9.17) is 16.7 Å². The molecule has 1 N–H and O–H groups in total. The van der Waals surface area contributed by atoms with Crippen molar-refractivity contribution in [2.75, 3.05) is 32.7 Å². The lowest BCUT2D eigenvalue weighted by molar-refractivity contribution is 0.0593. The van der Waals surface area contributed by atoms with Crippen LogP contribution in [0, 0.1) is 6.92 Å². The minimum Gasteiger partial charge on any atom is -0.337 e. The van der Waals surface area contributed by atoms with Crippen LogP contribution in [0.4, 0.5) is 0 Å². The van der Waals surface area contributed by atoms with Crippen LogP contribution in [0.5, 0.6) is 0 Å². The van der Waals surface area contributed by atoms with Crippen LogP contribution in [0.2, 0.25) is 5.02 Å². The maximum Gasteiger partial charge on any atom is 0.275 e. The van der Waals surface area contributed by atoms with Crippen LogP contribution in [-0.2, 0) is 23.0 Å². The summed E-state index contributed by atoms with van der Waals surface area (Å²) in [4.78, 5) is 49.1. The van der Waals surface area contributed by atoms with Gasteiger partial charge in [-0.25, -0.2) is 17.8 Å². The van der Waals surface area contributed by atoms with E-state index in [-0.39, 0.29) is 44.6 Å². The van der Waals surface area contributed by atoms with E-state index in [0.717, 1.165) is 62.6 Å². The highest BCUT2D eigenvalue weighted by Gasteiger charge is 2.35. The summed E-state index contributed by atoms with van der Waals surface area (Å²) in [5.41, 5.74) is 3.21. The Morgan fingerprint density at radius 2 is 1.53 bits per heavy atom. The number of unbranched alkanes of at least 4 members (excludes halogenated alkanes) is 2. The van der Waals surface area contributed by atoms with E-state index in [1.54, 1.807) is 30.0 Å². The molecule has 304 valence electrons. The average Bonchev–Trinajstić information content (AvgIpc) is 3.86. The predicted octanol–water partition coefficient (Wildman–Crippen LogP) is 7.81. The molecule has 3 amide bonds. The second-order valence-electron chi connectivity index (χ2n) is 15.4. The molecule has 58 heavy (non-hydrogen) atoms. The molecule has 0 bridgehead atoms. The van der Waals surface area contributed by atoms with Crippen molar-refractivity contribution in [3.63, 3.8) is 0 Å². The summed E-state index contributed by atoms with van der Waals surface area (Å²) in [6.45, 7) is 10.0. The summed E-state index contributed by atoms with van der Waals surface area (Å²) < 4.78 is 30.9. The van der Waals surface area contributed by atoms with E-state index >= 15 is 4.79 Å². The molecular weight excluding hydrogens is 772 g/mol. The molecule has 4 aromatic carbocycles. The molecule has 2 aliphatic rings. The van der Waals surface area contributed by atoms with E-state index in [2.05, 4.69) is 29.5 Å². The van der Waals surface area contributed by atoms with Gasteiger partial charge in [-0.1, -0.05) is 92.9 Å². The van der Waals surface area contributed by atoms with Crippen LogP contribution >= 0.6 is 11.6 Å². The number of rotatable bonds is 14. The average molecular weight is 823 g/mol. The van der Waals surface area contributed by atoms with Gasteiger partial charge in [-0.15, -0.1) is 0 Å². The lowest BCUT2D eigenvalue weighted by Gasteiger charge is -2.39. The Hall–Kier alpha value is -5.04. The van der Waals surface area contributed by atoms with Gasteiger partial charge in [-0.2, -0.15) is 5.10 Å². The zero-order valence-electron chi connectivity index (χ0n) is 33.4. The van der Waals surface area contributed by atoms with Crippen LogP contribution in [0.3, 0.4) is 0 Å². The molecule has 7 rings (SSSR count). The number of hydrogen-bond acceptors (Lipinski definition) is 7. The van der Waals surface area contributed by atoms with Crippen LogP contribution in [0.25, 0.3) is 16.5 Å². The first-order valence-corrected chi connectivity index (χ1v) is 22.2. The molecule has 0 spiro atoms. The number of aromatic nitrogens is 2. The van der Waals surface area contributed by atoms with Crippen molar-refractivity contribution in [2.24, 2.45) is 0 Å². The van der Waals surface area contributed by atoms with Crippen molar-refractivity contribution in [1.29, 1.82) is 0 Å². The van der Waals surface area contributed by atoms with Crippen molar-refractivity contribution in [3.8, 4) is 5.69 Å². The second kappa shape index (κ2) is 17.8. The highest BCUT2D eigenvalue weighted by atomic mass is 35.5. The zero-order chi connectivity index (χ0) is 41.0. The molecule has 1 fully saturated rings. The van der Waals surface area contributed by atoms with Gasteiger partial charge in [-0.3, -0.25) is 14.4 Å².